The van der Waals surface area contributed by atoms with Crippen LogP contribution in [0.3, 0.4) is 0 Å². The van der Waals surface area contributed by atoms with Gasteiger partial charge in [-0.25, -0.2) is 4.79 Å². The van der Waals surface area contributed by atoms with Gasteiger partial charge in [0.05, 0.1) is 23.9 Å². The van der Waals surface area contributed by atoms with E-state index in [1.165, 1.54) is 12.3 Å². The lowest BCUT2D eigenvalue weighted by Crippen LogP contribution is -2.25. The molecule has 152 valence electrons. The summed E-state index contributed by atoms with van der Waals surface area (Å²) >= 11 is 7.15. The Balaban J connectivity index is 1.92. The number of benzene rings is 1. The minimum absolute atomic E-state index is 0.0406. The summed E-state index contributed by atoms with van der Waals surface area (Å²) in [7, 11) is 0. The van der Waals surface area contributed by atoms with Crippen LogP contribution in [0.1, 0.15) is 28.0 Å². The minimum Gasteiger partial charge on any atom is -0.461 e. The van der Waals surface area contributed by atoms with Crippen molar-refractivity contribution in [2.75, 3.05) is 11.9 Å². The number of thiophene rings is 1. The van der Waals surface area contributed by atoms with Gasteiger partial charge in [-0.05, 0) is 37.3 Å². The molecule has 4 aromatic rings. The Bertz CT molecular complexity index is 1310. The Morgan fingerprint density at radius 3 is 2.83 bits per heavy atom. The molecule has 0 aliphatic carbocycles. The first-order valence-corrected chi connectivity index (χ1v) is 10.1. The summed E-state index contributed by atoms with van der Waals surface area (Å²) in [6, 6.07) is 9.57. The normalized spacial score (nSPS) is 10.9. The van der Waals surface area contributed by atoms with Crippen LogP contribution in [0.25, 0.3) is 16.5 Å². The molecule has 3 heterocycles. The molecule has 0 spiro atoms. The molecule has 0 unspecified atom stereocenters. The number of nitrogens with zero attached hydrogens (tertiary/aromatic N) is 2. The standard InChI is InChI=1S/C20H14ClN3O5S/c1-2-28-20(27)16-13-10-30-18(22-17(25)14-7-4-8-29-14)15(13)19(26)24(23-16)12-6-3-5-11(21)9-12/h3-10H,2H2,1H3,(H,22,25). The molecule has 0 aliphatic rings. The summed E-state index contributed by atoms with van der Waals surface area (Å²) in [6.45, 7) is 1.81. The molecule has 0 aliphatic heterocycles. The molecule has 0 atom stereocenters. The summed E-state index contributed by atoms with van der Waals surface area (Å²) in [5.41, 5.74) is -0.188. The summed E-state index contributed by atoms with van der Waals surface area (Å²) in [6.07, 6.45) is 1.37. The lowest BCUT2D eigenvalue weighted by atomic mass is 10.2. The van der Waals surface area contributed by atoms with Crippen LogP contribution in [0.4, 0.5) is 5.00 Å². The van der Waals surface area contributed by atoms with Gasteiger partial charge in [0.2, 0.25) is 0 Å². The SMILES string of the molecule is CCOC(=O)c1nn(-c2cccc(Cl)c2)c(=O)c2c(NC(=O)c3ccco3)scc12. The van der Waals surface area contributed by atoms with Gasteiger partial charge < -0.3 is 14.5 Å². The van der Waals surface area contributed by atoms with Gasteiger partial charge in [0, 0.05) is 15.8 Å². The first-order chi connectivity index (χ1) is 14.5. The monoisotopic (exact) mass is 443 g/mol. The molecule has 10 heteroatoms. The number of furan rings is 1. The topological polar surface area (TPSA) is 103 Å². The molecule has 0 saturated heterocycles. The number of nitrogens with one attached hydrogen (secondary N) is 1. The van der Waals surface area contributed by atoms with Crippen molar-refractivity contribution >= 4 is 50.6 Å². The predicted molar refractivity (Wildman–Crippen MR) is 113 cm³/mol. The van der Waals surface area contributed by atoms with Gasteiger partial charge in [-0.15, -0.1) is 11.3 Å². The van der Waals surface area contributed by atoms with Gasteiger partial charge in [-0.3, -0.25) is 9.59 Å². The highest BCUT2D eigenvalue weighted by atomic mass is 35.5. The molecule has 0 fully saturated rings. The number of anilines is 1. The lowest BCUT2D eigenvalue weighted by Gasteiger charge is -2.10. The van der Waals surface area contributed by atoms with Crippen LogP contribution in [-0.4, -0.2) is 28.3 Å². The van der Waals surface area contributed by atoms with Crippen molar-refractivity contribution in [3.8, 4) is 5.69 Å². The van der Waals surface area contributed by atoms with E-state index in [1.54, 1.807) is 42.6 Å². The van der Waals surface area contributed by atoms with Gasteiger partial charge in [0.25, 0.3) is 11.5 Å². The fourth-order valence-electron chi connectivity index (χ4n) is 2.85. The number of carbonyl (C=O) groups excluding carboxylic acids is 2. The maximum Gasteiger partial charge on any atom is 0.359 e. The van der Waals surface area contributed by atoms with Gasteiger partial charge in [0.15, 0.2) is 11.5 Å². The van der Waals surface area contributed by atoms with Crippen molar-refractivity contribution in [3.63, 3.8) is 0 Å². The molecule has 0 radical (unpaired) electrons. The first kappa shape index (κ1) is 19.9. The van der Waals surface area contributed by atoms with E-state index in [4.69, 9.17) is 20.8 Å². The largest absolute Gasteiger partial charge is 0.461 e. The molecule has 0 bridgehead atoms. The van der Waals surface area contributed by atoms with E-state index in [9.17, 15) is 14.4 Å². The van der Waals surface area contributed by atoms with Crippen LogP contribution in [0.5, 0.6) is 0 Å². The van der Waals surface area contributed by atoms with Gasteiger partial charge in [-0.2, -0.15) is 9.78 Å². The van der Waals surface area contributed by atoms with Gasteiger partial charge in [0.1, 0.15) is 5.00 Å². The van der Waals surface area contributed by atoms with E-state index in [-0.39, 0.29) is 33.8 Å². The van der Waals surface area contributed by atoms with Crippen molar-refractivity contribution in [3.05, 3.63) is 74.9 Å². The summed E-state index contributed by atoms with van der Waals surface area (Å²) in [4.78, 5) is 38.2. The second-order valence-corrected chi connectivity index (χ2v) is 7.37. The summed E-state index contributed by atoms with van der Waals surface area (Å²) in [5, 5.41) is 9.55. The van der Waals surface area contributed by atoms with Crippen LogP contribution < -0.4 is 10.9 Å². The van der Waals surface area contributed by atoms with Crippen LogP contribution in [-0.2, 0) is 4.74 Å². The van der Waals surface area contributed by atoms with Crippen LogP contribution in [0.2, 0.25) is 5.02 Å². The summed E-state index contributed by atoms with van der Waals surface area (Å²) in [5.74, 6) is -1.11. The number of halogens is 1. The van der Waals surface area contributed by atoms with E-state index in [0.29, 0.717) is 10.7 Å². The average molecular weight is 444 g/mol. The number of esters is 1. The van der Waals surface area contributed by atoms with Gasteiger partial charge >= 0.3 is 5.97 Å². The third kappa shape index (κ3) is 3.60. The number of amides is 1. The van der Waals surface area contributed by atoms with Crippen LogP contribution >= 0.6 is 22.9 Å². The molecule has 8 nitrogen and oxygen atoms in total. The lowest BCUT2D eigenvalue weighted by molar-refractivity contribution is 0.0520. The Morgan fingerprint density at radius 1 is 1.30 bits per heavy atom. The number of hydrogen-bond donors (Lipinski definition) is 1. The Labute approximate surface area is 178 Å². The number of aromatic nitrogens is 2. The summed E-state index contributed by atoms with van der Waals surface area (Å²) < 4.78 is 11.3. The maximum atomic E-state index is 13.3. The zero-order chi connectivity index (χ0) is 21.3. The van der Waals surface area contributed by atoms with E-state index < -0.39 is 17.4 Å². The number of rotatable bonds is 5. The molecule has 3 aromatic heterocycles. The van der Waals surface area contributed by atoms with Crippen LogP contribution in [0, 0.1) is 0 Å². The average Bonchev–Trinajstić information content (AvgIpc) is 3.39. The second kappa shape index (κ2) is 8.13. The Kier molecular flexibility index (Phi) is 5.39. The van der Waals surface area contributed by atoms with Crippen molar-refractivity contribution in [2.45, 2.75) is 6.92 Å². The predicted octanol–water partition coefficient (Wildman–Crippen LogP) is 4.12. The highest BCUT2D eigenvalue weighted by Crippen LogP contribution is 2.31. The minimum atomic E-state index is -0.681. The highest BCUT2D eigenvalue weighted by Gasteiger charge is 2.23. The number of carbonyl (C=O) groups is 2. The van der Waals surface area contributed by atoms with Gasteiger partial charge in [-0.1, -0.05) is 17.7 Å². The molecule has 1 N–H and O–H groups in total. The fourth-order valence-corrected chi connectivity index (χ4v) is 3.96. The molecule has 4 rings (SSSR count). The van der Waals surface area contributed by atoms with E-state index >= 15 is 0 Å². The van der Waals surface area contributed by atoms with E-state index in [0.717, 1.165) is 16.0 Å². The quantitative estimate of drug-likeness (QED) is 0.465. The highest BCUT2D eigenvalue weighted by molar-refractivity contribution is 7.16. The number of ether oxygens (including phenoxy) is 1. The molecule has 1 amide bonds. The molecular weight excluding hydrogens is 430 g/mol. The molecule has 1 aromatic carbocycles. The molecular formula is C20H14ClN3O5S. The Hall–Kier alpha value is -3.43. The zero-order valence-electron chi connectivity index (χ0n) is 15.5. The number of fused-ring (bicyclic) bond motifs is 1. The van der Waals surface area contributed by atoms with Crippen molar-refractivity contribution < 1.29 is 18.7 Å². The first-order valence-electron chi connectivity index (χ1n) is 8.82. The molecule has 30 heavy (non-hydrogen) atoms. The van der Waals surface area contributed by atoms with Crippen molar-refractivity contribution in [1.82, 2.24) is 9.78 Å². The second-order valence-electron chi connectivity index (χ2n) is 6.05. The smallest absolute Gasteiger partial charge is 0.359 e. The van der Waals surface area contributed by atoms with E-state index in [2.05, 4.69) is 10.4 Å². The number of hydrogen-bond acceptors (Lipinski definition) is 7. The van der Waals surface area contributed by atoms with Crippen LogP contribution in [0.15, 0.2) is 57.3 Å². The van der Waals surface area contributed by atoms with Crippen molar-refractivity contribution in [2.24, 2.45) is 0 Å². The fraction of sp³-hybridized carbons (Fsp3) is 0.100. The Morgan fingerprint density at radius 2 is 2.13 bits per heavy atom. The third-order valence-corrected chi connectivity index (χ3v) is 5.28. The van der Waals surface area contributed by atoms with E-state index in [1.807, 2.05) is 0 Å². The maximum absolute atomic E-state index is 13.3. The van der Waals surface area contributed by atoms with Crippen molar-refractivity contribution in [1.29, 1.82) is 0 Å². The third-order valence-electron chi connectivity index (χ3n) is 4.15. The zero-order valence-corrected chi connectivity index (χ0v) is 17.1. The molecule has 0 saturated carbocycles.